The molecule has 34 heavy (non-hydrogen) atoms. The second kappa shape index (κ2) is 8.33. The zero-order valence-corrected chi connectivity index (χ0v) is 17.8. The van der Waals surface area contributed by atoms with Gasteiger partial charge in [0, 0.05) is 24.8 Å². The molecule has 190 valence electrons. The van der Waals surface area contributed by atoms with E-state index in [1.807, 2.05) is 0 Å². The first-order chi connectivity index (χ1) is 15.9. The number of alkyl halides is 6. The number of halogens is 6. The lowest BCUT2D eigenvalue weighted by Crippen LogP contribution is -2.44. The van der Waals surface area contributed by atoms with Gasteiger partial charge >= 0.3 is 12.7 Å². The summed E-state index contributed by atoms with van der Waals surface area (Å²) in [7, 11) is 0. The van der Waals surface area contributed by atoms with Crippen LogP contribution in [-0.2, 0) is 24.4 Å². The fraction of sp³-hybridized carbons (Fsp3) is 0.850. The van der Waals surface area contributed by atoms with E-state index in [0.717, 1.165) is 12.8 Å². The number of rotatable bonds is 9. The first kappa shape index (κ1) is 23.8. The van der Waals surface area contributed by atoms with Gasteiger partial charge in [0.2, 0.25) is 17.7 Å². The molecule has 5 saturated carbocycles. The molecule has 6 rings (SSSR count). The molecule has 0 aromatic carbocycles. The summed E-state index contributed by atoms with van der Waals surface area (Å²) in [5, 5.41) is 11.1. The highest BCUT2D eigenvalue weighted by atomic mass is 19.4. The number of carbonyl (C=O) groups excluding carboxylic acids is 1. The third kappa shape index (κ3) is 5.18. The van der Waals surface area contributed by atoms with Crippen LogP contribution in [0.1, 0.15) is 56.2 Å². The Morgan fingerprint density at radius 2 is 1.76 bits per heavy atom. The van der Waals surface area contributed by atoms with E-state index in [0.29, 0.717) is 24.6 Å². The molecule has 5 fully saturated rings. The average molecular weight is 499 g/mol. The van der Waals surface area contributed by atoms with Gasteiger partial charge in [-0.2, -0.15) is 0 Å². The molecule has 0 saturated heterocycles. The number of carbonyl (C=O) groups is 1. The Bertz CT molecular complexity index is 909. The van der Waals surface area contributed by atoms with Crippen LogP contribution in [0.4, 0.5) is 26.3 Å². The lowest BCUT2D eigenvalue weighted by Gasteiger charge is -2.35. The normalized spacial score (nSPS) is 36.6. The first-order valence-electron chi connectivity index (χ1n) is 11.1. The Labute approximate surface area is 189 Å². The van der Waals surface area contributed by atoms with Crippen LogP contribution in [0, 0.1) is 11.8 Å². The molecule has 1 aromatic heterocycles. The van der Waals surface area contributed by atoms with Gasteiger partial charge in [-0.05, 0) is 37.5 Å². The van der Waals surface area contributed by atoms with E-state index in [-0.39, 0.29) is 54.6 Å². The second-order valence-electron chi connectivity index (χ2n) is 9.72. The van der Waals surface area contributed by atoms with Crippen LogP contribution in [0.15, 0.2) is 4.42 Å². The number of aromatic nitrogens is 2. The van der Waals surface area contributed by atoms with Crippen molar-refractivity contribution in [3.63, 3.8) is 0 Å². The lowest BCUT2D eigenvalue weighted by molar-refractivity contribution is -0.357. The lowest BCUT2D eigenvalue weighted by atomic mass is 9.69. The predicted octanol–water partition coefficient (Wildman–Crippen LogP) is 3.33. The van der Waals surface area contributed by atoms with Crippen LogP contribution >= 0.6 is 0 Å². The van der Waals surface area contributed by atoms with Gasteiger partial charge in [-0.1, -0.05) is 0 Å². The highest BCUT2D eigenvalue weighted by molar-refractivity contribution is 5.77. The number of fused-ring (bicyclic) bond motifs is 1. The van der Waals surface area contributed by atoms with Gasteiger partial charge in [-0.3, -0.25) is 14.3 Å². The molecule has 5 aliphatic carbocycles. The van der Waals surface area contributed by atoms with E-state index >= 15 is 0 Å². The Kier molecular flexibility index (Phi) is 5.83. The summed E-state index contributed by atoms with van der Waals surface area (Å²) >= 11 is 0. The van der Waals surface area contributed by atoms with Crippen molar-refractivity contribution in [1.82, 2.24) is 15.5 Å². The smallest absolute Gasteiger partial charge is 0.424 e. The van der Waals surface area contributed by atoms with Crippen molar-refractivity contribution >= 4 is 5.91 Å². The van der Waals surface area contributed by atoms with Crippen molar-refractivity contribution in [2.45, 2.75) is 80.8 Å². The van der Waals surface area contributed by atoms with Crippen LogP contribution in [0.5, 0.6) is 0 Å². The monoisotopic (exact) mass is 499 g/mol. The maximum absolute atomic E-state index is 12.2. The number of nitrogens with zero attached hydrogens (tertiary/aromatic N) is 2. The molecule has 2 unspecified atom stereocenters. The summed E-state index contributed by atoms with van der Waals surface area (Å²) in [5.74, 6) is 0.115. The van der Waals surface area contributed by atoms with Gasteiger partial charge < -0.3 is 14.5 Å². The number of hydrogen-bond acceptors (Lipinski definition) is 7. The second-order valence-corrected chi connectivity index (χ2v) is 9.72. The highest BCUT2D eigenvalue weighted by Crippen LogP contribution is 2.60. The van der Waals surface area contributed by atoms with Gasteiger partial charge in [0.05, 0.1) is 24.2 Å². The molecule has 1 aromatic rings. The largest absolute Gasteiger partial charge is 0.522 e. The van der Waals surface area contributed by atoms with Crippen LogP contribution < -0.4 is 5.32 Å². The number of nitrogens with one attached hydrogen (secondary N) is 1. The van der Waals surface area contributed by atoms with E-state index in [1.165, 1.54) is 0 Å². The maximum atomic E-state index is 12.2. The minimum atomic E-state index is -4.67. The molecule has 0 radical (unpaired) electrons. The van der Waals surface area contributed by atoms with Gasteiger partial charge in [0.25, 0.3) is 0 Å². The van der Waals surface area contributed by atoms with Gasteiger partial charge in [0.1, 0.15) is 6.61 Å². The zero-order chi connectivity index (χ0) is 24.3. The summed E-state index contributed by atoms with van der Waals surface area (Å²) in [4.78, 5) is 12.2. The van der Waals surface area contributed by atoms with Crippen molar-refractivity contribution < 1.29 is 49.8 Å². The highest BCUT2D eigenvalue weighted by Gasteiger charge is 2.60. The van der Waals surface area contributed by atoms with Crippen LogP contribution in [-0.4, -0.2) is 60.3 Å². The van der Waals surface area contributed by atoms with E-state index in [9.17, 15) is 31.1 Å². The third-order valence-corrected chi connectivity index (χ3v) is 7.23. The Morgan fingerprint density at radius 1 is 1.03 bits per heavy atom. The standard InChI is InChI=1S/C20H23F6N3O5/c21-19(22,23)32-7-9-1-13(9)16-28-29-17(33-16)18-4-10(5-18)14(6-18)27-15(30)8-31-11-2-12(3-11)34-20(24,25)26/h9-14H,1-8H2,(H,27,30)/t9?,10?,11?,12?,13?,14-,18?/m0/s1. The fourth-order valence-electron chi connectivity index (χ4n) is 5.33. The van der Waals surface area contributed by atoms with Gasteiger partial charge in [0.15, 0.2) is 0 Å². The SMILES string of the molecule is O=C(COC1CC(OC(F)(F)F)C1)N[C@H]1CC2(c3nnc(C4CC4COC(F)(F)F)o3)CC1C2. The van der Waals surface area contributed by atoms with Crippen molar-refractivity contribution in [1.29, 1.82) is 0 Å². The van der Waals surface area contributed by atoms with Crippen LogP contribution in [0.3, 0.4) is 0 Å². The molecule has 5 aliphatic rings. The fourth-order valence-corrected chi connectivity index (χ4v) is 5.33. The maximum Gasteiger partial charge on any atom is 0.522 e. The first-order valence-corrected chi connectivity index (χ1v) is 11.1. The minimum absolute atomic E-state index is 0.0889. The third-order valence-electron chi connectivity index (χ3n) is 7.23. The zero-order valence-electron chi connectivity index (χ0n) is 17.8. The molecule has 1 N–H and O–H groups in total. The minimum Gasteiger partial charge on any atom is -0.424 e. The van der Waals surface area contributed by atoms with Gasteiger partial charge in [-0.15, -0.1) is 36.5 Å². The summed E-state index contributed by atoms with van der Waals surface area (Å²) in [5.41, 5.74) is -0.349. The van der Waals surface area contributed by atoms with Crippen LogP contribution in [0.25, 0.3) is 0 Å². The summed E-state index contributed by atoms with van der Waals surface area (Å²) < 4.78 is 91.9. The molecule has 2 bridgehead atoms. The van der Waals surface area contributed by atoms with Gasteiger partial charge in [-0.25, -0.2) is 0 Å². The quantitative estimate of drug-likeness (QED) is 0.521. The molecule has 8 nitrogen and oxygen atoms in total. The Hall–Kier alpha value is -1.93. The summed E-state index contributed by atoms with van der Waals surface area (Å²) in [6, 6.07) is -0.108. The molecule has 3 atom stereocenters. The van der Waals surface area contributed by atoms with E-state index in [4.69, 9.17) is 9.15 Å². The van der Waals surface area contributed by atoms with E-state index in [2.05, 4.69) is 25.0 Å². The van der Waals surface area contributed by atoms with Crippen molar-refractivity contribution in [2.75, 3.05) is 13.2 Å². The van der Waals surface area contributed by atoms with Crippen molar-refractivity contribution in [3.05, 3.63) is 11.8 Å². The summed E-state index contributed by atoms with van der Waals surface area (Å²) in [6.45, 7) is -0.681. The molecule has 14 heteroatoms. The van der Waals surface area contributed by atoms with Crippen molar-refractivity contribution in [2.24, 2.45) is 11.8 Å². The number of hydrogen-bond donors (Lipinski definition) is 1. The van der Waals surface area contributed by atoms with Crippen molar-refractivity contribution in [3.8, 4) is 0 Å². The molecule has 1 heterocycles. The van der Waals surface area contributed by atoms with E-state index in [1.54, 1.807) is 0 Å². The molecule has 0 spiro atoms. The molecular weight excluding hydrogens is 476 g/mol. The molecular formula is C20H23F6N3O5. The Balaban J connectivity index is 1.04. The predicted molar refractivity (Wildman–Crippen MR) is 98.0 cm³/mol. The Morgan fingerprint density at radius 3 is 2.44 bits per heavy atom. The number of amides is 1. The summed E-state index contributed by atoms with van der Waals surface area (Å²) in [6.07, 6.45) is -7.93. The average Bonchev–Trinajstić information content (AvgIpc) is 2.97. The molecule has 0 aliphatic heterocycles. The number of ether oxygens (including phenoxy) is 3. The van der Waals surface area contributed by atoms with E-state index < -0.39 is 31.5 Å². The van der Waals surface area contributed by atoms with Crippen LogP contribution in [0.2, 0.25) is 0 Å². The molecule has 1 amide bonds. The topological polar surface area (TPSA) is 95.7 Å².